The lowest BCUT2D eigenvalue weighted by atomic mass is 10.2. The highest BCUT2D eigenvalue weighted by molar-refractivity contribution is 5.92. The Kier molecular flexibility index (Phi) is 7.07. The number of nitrogens with zero attached hydrogens (tertiary/aromatic N) is 1. The summed E-state index contributed by atoms with van der Waals surface area (Å²) in [7, 11) is 1.62. The highest BCUT2D eigenvalue weighted by Crippen LogP contribution is 2.16. The van der Waals surface area contributed by atoms with E-state index in [2.05, 4.69) is 29.5 Å². The number of anilines is 1. The zero-order valence-electron chi connectivity index (χ0n) is 14.9. The van der Waals surface area contributed by atoms with E-state index in [1.54, 1.807) is 19.4 Å². The number of benzene rings is 1. The van der Waals surface area contributed by atoms with Crippen molar-refractivity contribution in [1.29, 1.82) is 0 Å². The molecule has 0 aliphatic carbocycles. The van der Waals surface area contributed by atoms with Gasteiger partial charge < -0.3 is 20.1 Å². The Hall–Kier alpha value is -2.76. The van der Waals surface area contributed by atoms with Crippen LogP contribution in [0.5, 0.6) is 11.5 Å². The third-order valence-electron chi connectivity index (χ3n) is 3.43. The standard InChI is InChI=1S/C19H25N3O3/c1-14(2)12-21-15-4-9-18(22-13-15)19(23)20-10-11-25-17-7-5-16(24-3)6-8-17/h4-9,13-14,21H,10-12H2,1-3H3,(H,20,23). The van der Waals surface area contributed by atoms with Crippen LogP contribution in [-0.4, -0.2) is 37.7 Å². The average molecular weight is 343 g/mol. The van der Waals surface area contributed by atoms with E-state index >= 15 is 0 Å². The van der Waals surface area contributed by atoms with Gasteiger partial charge in [-0.15, -0.1) is 0 Å². The summed E-state index contributed by atoms with van der Waals surface area (Å²) in [5, 5.41) is 6.06. The summed E-state index contributed by atoms with van der Waals surface area (Å²) in [4.78, 5) is 16.2. The molecule has 0 aliphatic rings. The fourth-order valence-corrected chi connectivity index (χ4v) is 2.05. The molecule has 25 heavy (non-hydrogen) atoms. The molecule has 2 N–H and O–H groups in total. The molecule has 1 aromatic heterocycles. The van der Waals surface area contributed by atoms with Gasteiger partial charge in [0.25, 0.3) is 5.91 Å². The number of aromatic nitrogens is 1. The number of nitrogens with one attached hydrogen (secondary N) is 2. The van der Waals surface area contributed by atoms with Gasteiger partial charge in [-0.2, -0.15) is 0 Å². The van der Waals surface area contributed by atoms with Crippen molar-refractivity contribution in [3.63, 3.8) is 0 Å². The SMILES string of the molecule is COc1ccc(OCCNC(=O)c2ccc(NCC(C)C)cn2)cc1. The van der Waals surface area contributed by atoms with Crippen molar-refractivity contribution in [2.24, 2.45) is 5.92 Å². The van der Waals surface area contributed by atoms with Crippen LogP contribution >= 0.6 is 0 Å². The second-order valence-corrected chi connectivity index (χ2v) is 5.99. The number of ether oxygens (including phenoxy) is 2. The van der Waals surface area contributed by atoms with E-state index in [0.29, 0.717) is 24.8 Å². The van der Waals surface area contributed by atoms with Gasteiger partial charge >= 0.3 is 0 Å². The van der Waals surface area contributed by atoms with Crippen LogP contribution in [0.4, 0.5) is 5.69 Å². The molecule has 0 unspecified atom stereocenters. The van der Waals surface area contributed by atoms with Gasteiger partial charge in [0.1, 0.15) is 23.8 Å². The lowest BCUT2D eigenvalue weighted by molar-refractivity contribution is 0.0942. The van der Waals surface area contributed by atoms with Gasteiger partial charge in [0, 0.05) is 6.54 Å². The van der Waals surface area contributed by atoms with Gasteiger partial charge in [-0.05, 0) is 42.3 Å². The molecule has 0 saturated heterocycles. The predicted molar refractivity (Wildman–Crippen MR) is 98.4 cm³/mol. The van der Waals surface area contributed by atoms with E-state index in [1.165, 1.54) is 0 Å². The fourth-order valence-electron chi connectivity index (χ4n) is 2.05. The van der Waals surface area contributed by atoms with Gasteiger partial charge in [-0.3, -0.25) is 4.79 Å². The Morgan fingerprint density at radius 3 is 2.44 bits per heavy atom. The third kappa shape index (κ3) is 6.33. The predicted octanol–water partition coefficient (Wildman–Crippen LogP) is 2.97. The summed E-state index contributed by atoms with van der Waals surface area (Å²) in [5.74, 6) is 1.84. The number of pyridine rings is 1. The normalized spacial score (nSPS) is 10.4. The summed E-state index contributed by atoms with van der Waals surface area (Å²) in [6.45, 7) is 5.93. The molecule has 0 radical (unpaired) electrons. The first kappa shape index (κ1) is 18.6. The number of carbonyl (C=O) groups excluding carboxylic acids is 1. The second kappa shape index (κ2) is 9.52. The number of hydrogen-bond donors (Lipinski definition) is 2. The van der Waals surface area contributed by atoms with E-state index in [4.69, 9.17) is 9.47 Å². The van der Waals surface area contributed by atoms with Gasteiger partial charge in [0.05, 0.1) is 25.5 Å². The van der Waals surface area contributed by atoms with E-state index < -0.39 is 0 Å². The summed E-state index contributed by atoms with van der Waals surface area (Å²) < 4.78 is 10.7. The van der Waals surface area contributed by atoms with Crippen molar-refractivity contribution in [3.8, 4) is 11.5 Å². The van der Waals surface area contributed by atoms with Crippen LogP contribution in [0.3, 0.4) is 0 Å². The first-order chi connectivity index (χ1) is 12.1. The third-order valence-corrected chi connectivity index (χ3v) is 3.43. The van der Waals surface area contributed by atoms with Crippen molar-refractivity contribution < 1.29 is 14.3 Å². The number of hydrogen-bond acceptors (Lipinski definition) is 5. The first-order valence-electron chi connectivity index (χ1n) is 8.33. The summed E-state index contributed by atoms with van der Waals surface area (Å²) in [6.07, 6.45) is 1.67. The second-order valence-electron chi connectivity index (χ2n) is 5.99. The minimum absolute atomic E-state index is 0.214. The number of amides is 1. The Labute approximate surface area is 148 Å². The van der Waals surface area contributed by atoms with Crippen LogP contribution in [0.15, 0.2) is 42.6 Å². The van der Waals surface area contributed by atoms with Crippen molar-refractivity contribution in [2.45, 2.75) is 13.8 Å². The maximum Gasteiger partial charge on any atom is 0.269 e. The molecule has 6 nitrogen and oxygen atoms in total. The zero-order valence-corrected chi connectivity index (χ0v) is 14.9. The highest BCUT2D eigenvalue weighted by atomic mass is 16.5. The quantitative estimate of drug-likeness (QED) is 0.685. The van der Waals surface area contributed by atoms with Crippen LogP contribution in [0.1, 0.15) is 24.3 Å². The molecular weight excluding hydrogens is 318 g/mol. The van der Waals surface area contributed by atoms with Crippen LogP contribution in [-0.2, 0) is 0 Å². The molecule has 1 amide bonds. The van der Waals surface area contributed by atoms with E-state index in [1.807, 2.05) is 30.3 Å². The molecule has 0 saturated carbocycles. The molecule has 0 aliphatic heterocycles. The Bertz CT molecular complexity index is 655. The minimum Gasteiger partial charge on any atom is -0.497 e. The van der Waals surface area contributed by atoms with E-state index in [9.17, 15) is 4.79 Å². The Morgan fingerprint density at radius 2 is 1.84 bits per heavy atom. The van der Waals surface area contributed by atoms with Gasteiger partial charge in [-0.1, -0.05) is 13.8 Å². The zero-order chi connectivity index (χ0) is 18.1. The van der Waals surface area contributed by atoms with Crippen LogP contribution < -0.4 is 20.1 Å². The number of methoxy groups -OCH3 is 1. The molecule has 1 heterocycles. The average Bonchev–Trinajstić information content (AvgIpc) is 2.64. The lowest BCUT2D eigenvalue weighted by Crippen LogP contribution is -2.28. The molecular formula is C19H25N3O3. The van der Waals surface area contributed by atoms with Gasteiger partial charge in [0.2, 0.25) is 0 Å². The minimum atomic E-state index is -0.214. The summed E-state index contributed by atoms with van der Waals surface area (Å²) in [6, 6.07) is 10.9. The molecule has 0 bridgehead atoms. The molecule has 6 heteroatoms. The van der Waals surface area contributed by atoms with Crippen molar-refractivity contribution in [3.05, 3.63) is 48.3 Å². The maximum atomic E-state index is 12.1. The topological polar surface area (TPSA) is 72.5 Å². The Morgan fingerprint density at radius 1 is 1.12 bits per heavy atom. The summed E-state index contributed by atoms with van der Waals surface area (Å²) in [5.41, 5.74) is 1.30. The molecule has 2 aromatic rings. The fraction of sp³-hybridized carbons (Fsp3) is 0.368. The Balaban J connectivity index is 1.72. The van der Waals surface area contributed by atoms with Crippen LogP contribution in [0.25, 0.3) is 0 Å². The monoisotopic (exact) mass is 343 g/mol. The smallest absolute Gasteiger partial charge is 0.269 e. The van der Waals surface area contributed by atoms with Gasteiger partial charge in [-0.25, -0.2) is 4.98 Å². The first-order valence-corrected chi connectivity index (χ1v) is 8.33. The van der Waals surface area contributed by atoms with E-state index in [0.717, 1.165) is 23.7 Å². The highest BCUT2D eigenvalue weighted by Gasteiger charge is 2.06. The molecule has 1 aromatic carbocycles. The molecule has 134 valence electrons. The summed E-state index contributed by atoms with van der Waals surface area (Å²) >= 11 is 0. The number of rotatable bonds is 9. The lowest BCUT2D eigenvalue weighted by Gasteiger charge is -2.10. The molecule has 2 rings (SSSR count). The van der Waals surface area contributed by atoms with Crippen molar-refractivity contribution in [2.75, 3.05) is 32.1 Å². The van der Waals surface area contributed by atoms with Gasteiger partial charge in [0.15, 0.2) is 0 Å². The molecule has 0 spiro atoms. The maximum absolute atomic E-state index is 12.1. The van der Waals surface area contributed by atoms with Crippen molar-refractivity contribution >= 4 is 11.6 Å². The molecule has 0 atom stereocenters. The number of carbonyl (C=O) groups is 1. The molecule has 0 fully saturated rings. The van der Waals surface area contributed by atoms with Crippen LogP contribution in [0.2, 0.25) is 0 Å². The van der Waals surface area contributed by atoms with Crippen molar-refractivity contribution in [1.82, 2.24) is 10.3 Å². The largest absolute Gasteiger partial charge is 0.497 e. The van der Waals surface area contributed by atoms with Crippen LogP contribution in [0, 0.1) is 5.92 Å². The van der Waals surface area contributed by atoms with E-state index in [-0.39, 0.29) is 5.91 Å².